The van der Waals surface area contributed by atoms with E-state index in [0.29, 0.717) is 12.1 Å². The molecule has 2 heterocycles. The first-order chi connectivity index (χ1) is 9.54. The number of alkyl halides is 2. The second-order valence-corrected chi connectivity index (χ2v) is 4.90. The number of fused-ring (bicyclic) bond motifs is 3. The lowest BCUT2D eigenvalue weighted by Crippen LogP contribution is -2.46. The first-order valence-electron chi connectivity index (χ1n) is 6.81. The van der Waals surface area contributed by atoms with Crippen molar-refractivity contribution in [3.63, 3.8) is 0 Å². The molecule has 0 spiro atoms. The largest absolute Gasteiger partial charge is 0.385 e. The highest BCUT2D eigenvalue weighted by Crippen LogP contribution is 2.46. The fourth-order valence-electron chi connectivity index (χ4n) is 2.70. The van der Waals surface area contributed by atoms with Crippen molar-refractivity contribution in [1.82, 2.24) is 4.90 Å². The molecule has 0 saturated carbocycles. The van der Waals surface area contributed by atoms with Gasteiger partial charge in [-0.1, -0.05) is 24.3 Å². The average Bonchev–Trinajstić information content (AvgIpc) is 2.95. The van der Waals surface area contributed by atoms with Gasteiger partial charge >= 0.3 is 5.92 Å². The Morgan fingerprint density at radius 3 is 2.70 bits per heavy atom. The van der Waals surface area contributed by atoms with Gasteiger partial charge < -0.3 is 9.64 Å². The summed E-state index contributed by atoms with van der Waals surface area (Å²) in [4.78, 5) is 13.0. The Hall–Kier alpha value is -1.49. The fraction of sp³-hybridized carbons (Fsp3) is 0.533. The molecule has 3 nitrogen and oxygen atoms in total. The topological polar surface area (TPSA) is 29.5 Å². The van der Waals surface area contributed by atoms with E-state index >= 15 is 0 Å². The first kappa shape index (κ1) is 14.9. The number of amides is 1. The van der Waals surface area contributed by atoms with Crippen LogP contribution >= 0.6 is 0 Å². The molecular formula is C15H19F2NO2. The third-order valence-electron chi connectivity index (χ3n) is 3.73. The Kier molecular flexibility index (Phi) is 4.38. The third-order valence-corrected chi connectivity index (χ3v) is 3.73. The Balaban J connectivity index is 0.000000328. The number of ether oxygens (including phenoxy) is 1. The smallest absolute Gasteiger partial charge is 0.350 e. The van der Waals surface area contributed by atoms with Crippen LogP contribution in [0.4, 0.5) is 8.78 Å². The van der Waals surface area contributed by atoms with Crippen LogP contribution in [0, 0.1) is 0 Å². The molecule has 2 aliphatic rings. The molecule has 1 saturated heterocycles. The van der Waals surface area contributed by atoms with Crippen LogP contribution in [0.2, 0.25) is 0 Å². The molecule has 1 fully saturated rings. The monoisotopic (exact) mass is 283 g/mol. The summed E-state index contributed by atoms with van der Waals surface area (Å²) in [6.07, 6.45) is 1.60. The zero-order valence-electron chi connectivity index (χ0n) is 11.7. The quantitative estimate of drug-likeness (QED) is 0.792. The van der Waals surface area contributed by atoms with Gasteiger partial charge in [-0.3, -0.25) is 4.79 Å². The van der Waals surface area contributed by atoms with Crippen LogP contribution in [-0.4, -0.2) is 31.1 Å². The number of rotatable bonds is 1. The summed E-state index contributed by atoms with van der Waals surface area (Å²) in [6.45, 7) is 3.23. The maximum Gasteiger partial charge on any atom is 0.350 e. The lowest BCUT2D eigenvalue weighted by Gasteiger charge is -2.36. The molecule has 5 heteroatoms. The molecular weight excluding hydrogens is 264 g/mol. The highest BCUT2D eigenvalue weighted by molar-refractivity contribution is 5.88. The Morgan fingerprint density at radius 1 is 1.40 bits per heavy atom. The van der Waals surface area contributed by atoms with E-state index < -0.39 is 11.8 Å². The summed E-state index contributed by atoms with van der Waals surface area (Å²) in [5, 5.41) is 0. The van der Waals surface area contributed by atoms with Gasteiger partial charge in [-0.15, -0.1) is 0 Å². The second-order valence-electron chi connectivity index (χ2n) is 4.90. The molecule has 0 aliphatic carbocycles. The number of hydrogen-bond donors (Lipinski definition) is 0. The number of methoxy groups -OCH3 is 1. The Bertz CT molecular complexity index is 489. The van der Waals surface area contributed by atoms with E-state index in [2.05, 4.69) is 4.74 Å². The molecule has 0 unspecified atom stereocenters. The van der Waals surface area contributed by atoms with Gasteiger partial charge in [0.2, 0.25) is 0 Å². The minimum absolute atomic E-state index is 0.108. The number of carbonyl (C=O) groups is 1. The van der Waals surface area contributed by atoms with E-state index in [9.17, 15) is 13.6 Å². The Labute approximate surface area is 117 Å². The van der Waals surface area contributed by atoms with Crippen LogP contribution in [0.1, 0.15) is 36.9 Å². The molecule has 1 atom stereocenters. The van der Waals surface area contributed by atoms with E-state index in [4.69, 9.17) is 0 Å². The van der Waals surface area contributed by atoms with Gasteiger partial charge in [-0.05, 0) is 25.3 Å². The van der Waals surface area contributed by atoms with Crippen molar-refractivity contribution in [3.8, 4) is 0 Å². The van der Waals surface area contributed by atoms with Crippen LogP contribution in [0.15, 0.2) is 24.3 Å². The van der Waals surface area contributed by atoms with Gasteiger partial charge in [0.15, 0.2) is 0 Å². The van der Waals surface area contributed by atoms with Gasteiger partial charge in [0.1, 0.15) is 0 Å². The molecule has 20 heavy (non-hydrogen) atoms. The normalized spacial score (nSPS) is 22.7. The second kappa shape index (κ2) is 5.87. The van der Waals surface area contributed by atoms with E-state index in [1.165, 1.54) is 11.0 Å². The van der Waals surface area contributed by atoms with E-state index in [0.717, 1.165) is 19.4 Å². The van der Waals surface area contributed by atoms with Crippen molar-refractivity contribution in [2.75, 3.05) is 20.3 Å². The molecule has 2 aliphatic heterocycles. The van der Waals surface area contributed by atoms with Crippen LogP contribution in [-0.2, 0) is 15.5 Å². The molecule has 1 aromatic carbocycles. The molecule has 3 rings (SSSR count). The number of halogens is 2. The third kappa shape index (κ3) is 2.42. The zero-order chi connectivity index (χ0) is 14.8. The summed E-state index contributed by atoms with van der Waals surface area (Å²) < 4.78 is 32.2. The molecule has 1 amide bonds. The van der Waals surface area contributed by atoms with Crippen LogP contribution in [0.5, 0.6) is 0 Å². The van der Waals surface area contributed by atoms with Crippen molar-refractivity contribution in [2.24, 2.45) is 0 Å². The molecule has 0 aromatic heterocycles. The van der Waals surface area contributed by atoms with Crippen LogP contribution in [0.25, 0.3) is 0 Å². The van der Waals surface area contributed by atoms with Gasteiger partial charge in [0, 0.05) is 25.8 Å². The van der Waals surface area contributed by atoms with E-state index in [1.54, 1.807) is 25.3 Å². The van der Waals surface area contributed by atoms with Crippen molar-refractivity contribution < 1.29 is 18.3 Å². The van der Waals surface area contributed by atoms with Gasteiger partial charge in [0.25, 0.3) is 5.91 Å². The predicted octanol–water partition coefficient (Wildman–Crippen LogP) is 3.11. The summed E-state index contributed by atoms with van der Waals surface area (Å²) in [5.41, 5.74) is 0.507. The lowest BCUT2D eigenvalue weighted by molar-refractivity contribution is -0.163. The highest BCUT2D eigenvalue weighted by Gasteiger charge is 2.53. The maximum absolute atomic E-state index is 13.8. The van der Waals surface area contributed by atoms with Crippen LogP contribution in [0.3, 0.4) is 0 Å². The summed E-state index contributed by atoms with van der Waals surface area (Å²) >= 11 is 0. The maximum atomic E-state index is 13.8. The predicted molar refractivity (Wildman–Crippen MR) is 71.6 cm³/mol. The van der Waals surface area contributed by atoms with Gasteiger partial charge in [-0.2, -0.15) is 8.78 Å². The van der Waals surface area contributed by atoms with Crippen molar-refractivity contribution >= 4 is 5.91 Å². The summed E-state index contributed by atoms with van der Waals surface area (Å²) in [7, 11) is 1.68. The van der Waals surface area contributed by atoms with Gasteiger partial charge in [-0.25, -0.2) is 0 Å². The summed E-state index contributed by atoms with van der Waals surface area (Å²) in [5.74, 6) is -4.38. The number of nitrogens with zero attached hydrogens (tertiary/aromatic N) is 1. The number of benzene rings is 1. The molecule has 0 radical (unpaired) electrons. The van der Waals surface area contributed by atoms with Crippen molar-refractivity contribution in [2.45, 2.75) is 31.7 Å². The molecule has 1 aromatic rings. The number of carbonyl (C=O) groups excluding carboxylic acids is 1. The highest BCUT2D eigenvalue weighted by atomic mass is 19.3. The minimum atomic E-state index is -3.35. The van der Waals surface area contributed by atoms with Crippen molar-refractivity contribution in [3.05, 3.63) is 35.4 Å². The Morgan fingerprint density at radius 2 is 2.05 bits per heavy atom. The van der Waals surface area contributed by atoms with Crippen LogP contribution < -0.4 is 0 Å². The molecule has 0 bridgehead atoms. The lowest BCUT2D eigenvalue weighted by atomic mass is 9.90. The number of hydrogen-bond acceptors (Lipinski definition) is 2. The average molecular weight is 283 g/mol. The minimum Gasteiger partial charge on any atom is -0.385 e. The fourth-order valence-corrected chi connectivity index (χ4v) is 2.70. The SMILES string of the molecule is CCOC.O=C1N2CCC[C@H]2c2ccccc2C1(F)F. The zero-order valence-corrected chi connectivity index (χ0v) is 11.7. The molecule has 110 valence electrons. The van der Waals surface area contributed by atoms with Gasteiger partial charge in [0.05, 0.1) is 6.04 Å². The van der Waals surface area contributed by atoms with E-state index in [1.807, 2.05) is 6.92 Å². The standard InChI is InChI=1S/C12H11F2NO.C3H8O/c13-12(14)9-5-2-1-4-8(9)10-6-3-7-15(10)11(12)16;1-3-4-2/h1-2,4-5,10H,3,6-7H2;3H2,1-2H3/t10-;/m0./s1. The first-order valence-corrected chi connectivity index (χ1v) is 6.81. The molecule has 0 N–H and O–H groups in total. The van der Waals surface area contributed by atoms with E-state index in [-0.39, 0.29) is 11.6 Å². The summed E-state index contributed by atoms with van der Waals surface area (Å²) in [6, 6.07) is 6.25. The van der Waals surface area contributed by atoms with Crippen molar-refractivity contribution in [1.29, 1.82) is 0 Å².